The first-order valence-corrected chi connectivity index (χ1v) is 8.19. The summed E-state index contributed by atoms with van der Waals surface area (Å²) in [6.45, 7) is 0.390. The van der Waals surface area contributed by atoms with Crippen molar-refractivity contribution in [2.24, 2.45) is 4.99 Å². The molecule has 1 fully saturated rings. The minimum absolute atomic E-state index is 0.0275. The maximum atomic E-state index is 12.8. The highest BCUT2D eigenvalue weighted by atomic mass is 32.2. The maximum absolute atomic E-state index is 12.8. The molecule has 1 atom stereocenters. The molecule has 0 saturated carbocycles. The zero-order valence-electron chi connectivity index (χ0n) is 10.7. The molecule has 21 heavy (non-hydrogen) atoms. The number of nitrogens with zero attached hydrogens (tertiary/aromatic N) is 4. The van der Waals surface area contributed by atoms with Crippen LogP contribution in [0.1, 0.15) is 0 Å². The van der Waals surface area contributed by atoms with Gasteiger partial charge in [0.15, 0.2) is 6.17 Å². The van der Waals surface area contributed by atoms with Gasteiger partial charge >= 0.3 is 0 Å². The first kappa shape index (κ1) is 14.2. The van der Waals surface area contributed by atoms with E-state index in [1.165, 1.54) is 12.1 Å². The van der Waals surface area contributed by atoms with E-state index in [0.717, 1.165) is 16.0 Å². The number of hydrogen-bond acceptors (Lipinski definition) is 8. The highest BCUT2D eigenvalue weighted by Gasteiger charge is 2.35. The molecule has 10 heteroatoms. The molecule has 1 saturated heterocycles. The van der Waals surface area contributed by atoms with Crippen LogP contribution in [0.5, 0.6) is 0 Å². The molecule has 0 aliphatic carbocycles. The summed E-state index contributed by atoms with van der Waals surface area (Å²) in [6, 6.07) is 4.77. The zero-order valence-corrected chi connectivity index (χ0v) is 12.3. The number of hydrogen-bond donors (Lipinski definition) is 0. The molecule has 0 bridgehead atoms. The van der Waals surface area contributed by atoms with Gasteiger partial charge in [-0.05, 0) is 12.1 Å². The van der Waals surface area contributed by atoms with Crippen molar-refractivity contribution in [2.75, 3.05) is 19.8 Å². The SMILES string of the molecule is O=C=NC1COCCN1S(=O)(=O)c1cccc2nsnc12. The van der Waals surface area contributed by atoms with Gasteiger partial charge in [-0.3, -0.25) is 0 Å². The molecular weight excluding hydrogens is 316 g/mol. The molecule has 0 N–H and O–H groups in total. The smallest absolute Gasteiger partial charge is 0.247 e. The normalized spacial score (nSPS) is 20.3. The average Bonchev–Trinajstić information content (AvgIpc) is 2.96. The van der Waals surface area contributed by atoms with Gasteiger partial charge in [-0.15, -0.1) is 0 Å². The molecule has 1 aliphatic rings. The van der Waals surface area contributed by atoms with Crippen molar-refractivity contribution in [1.82, 2.24) is 13.1 Å². The molecule has 1 aliphatic heterocycles. The quantitative estimate of drug-likeness (QED) is 0.597. The molecule has 0 amide bonds. The number of rotatable bonds is 3. The van der Waals surface area contributed by atoms with Gasteiger partial charge in [-0.1, -0.05) is 6.07 Å². The van der Waals surface area contributed by atoms with E-state index in [9.17, 15) is 13.2 Å². The topological polar surface area (TPSA) is 102 Å². The Kier molecular flexibility index (Phi) is 3.79. The van der Waals surface area contributed by atoms with E-state index in [2.05, 4.69) is 13.7 Å². The zero-order chi connectivity index (χ0) is 14.9. The monoisotopic (exact) mass is 326 g/mol. The molecule has 8 nitrogen and oxygen atoms in total. The molecule has 1 aromatic heterocycles. The maximum Gasteiger partial charge on any atom is 0.247 e. The van der Waals surface area contributed by atoms with Crippen LogP contribution in [0, 0.1) is 0 Å². The number of sulfonamides is 1. The Labute approximate surface area is 124 Å². The van der Waals surface area contributed by atoms with Gasteiger partial charge in [-0.25, -0.2) is 13.2 Å². The largest absolute Gasteiger partial charge is 0.376 e. The van der Waals surface area contributed by atoms with Crippen molar-refractivity contribution in [3.8, 4) is 0 Å². The number of fused-ring (bicyclic) bond motifs is 1. The van der Waals surface area contributed by atoms with Crippen LogP contribution in [0.25, 0.3) is 11.0 Å². The Morgan fingerprint density at radius 1 is 1.43 bits per heavy atom. The van der Waals surface area contributed by atoms with Crippen LogP contribution < -0.4 is 0 Å². The number of aromatic nitrogens is 2. The fraction of sp³-hybridized carbons (Fsp3) is 0.364. The summed E-state index contributed by atoms with van der Waals surface area (Å²) < 4.78 is 40.0. The first-order chi connectivity index (χ1) is 10.1. The van der Waals surface area contributed by atoms with Gasteiger partial charge < -0.3 is 4.74 Å². The summed E-state index contributed by atoms with van der Waals surface area (Å²) in [5, 5.41) is 0. The third-order valence-corrected chi connectivity index (χ3v) is 5.56. The van der Waals surface area contributed by atoms with E-state index >= 15 is 0 Å². The summed E-state index contributed by atoms with van der Waals surface area (Å²) in [5.74, 6) is 0. The van der Waals surface area contributed by atoms with Crippen molar-refractivity contribution < 1.29 is 17.9 Å². The summed E-state index contributed by atoms with van der Waals surface area (Å²) >= 11 is 0.947. The molecule has 110 valence electrons. The van der Waals surface area contributed by atoms with E-state index in [1.54, 1.807) is 12.1 Å². The fourth-order valence-electron chi connectivity index (χ4n) is 2.13. The Balaban J connectivity index is 2.10. The first-order valence-electron chi connectivity index (χ1n) is 6.02. The summed E-state index contributed by atoms with van der Waals surface area (Å²) in [4.78, 5) is 14.0. The summed E-state index contributed by atoms with van der Waals surface area (Å²) in [5.41, 5.74) is 0.840. The van der Waals surface area contributed by atoms with Crippen LogP contribution in [0.4, 0.5) is 0 Å². The van der Waals surface area contributed by atoms with E-state index in [4.69, 9.17) is 4.74 Å². The van der Waals surface area contributed by atoms with Crippen molar-refractivity contribution >= 4 is 38.9 Å². The van der Waals surface area contributed by atoms with E-state index in [1.807, 2.05) is 0 Å². The van der Waals surface area contributed by atoms with Gasteiger partial charge in [0.2, 0.25) is 16.1 Å². The minimum Gasteiger partial charge on any atom is -0.376 e. The van der Waals surface area contributed by atoms with E-state index in [0.29, 0.717) is 11.0 Å². The van der Waals surface area contributed by atoms with Gasteiger partial charge in [0.1, 0.15) is 15.9 Å². The van der Waals surface area contributed by atoms with Crippen LogP contribution in [-0.4, -0.2) is 53.5 Å². The number of aliphatic imine (C=N–C) groups is 1. The fourth-order valence-corrected chi connectivity index (χ4v) is 4.38. The van der Waals surface area contributed by atoms with Crippen molar-refractivity contribution in [3.63, 3.8) is 0 Å². The molecular formula is C11H10N4O4S2. The van der Waals surface area contributed by atoms with Gasteiger partial charge in [0.25, 0.3) is 0 Å². The van der Waals surface area contributed by atoms with Crippen LogP contribution in [0.3, 0.4) is 0 Å². The highest BCUT2D eigenvalue weighted by Crippen LogP contribution is 2.26. The predicted octanol–water partition coefficient (Wildman–Crippen LogP) is 0.374. The minimum atomic E-state index is -3.85. The molecule has 1 unspecified atom stereocenters. The van der Waals surface area contributed by atoms with Crippen LogP contribution >= 0.6 is 11.7 Å². The van der Waals surface area contributed by atoms with Crippen molar-refractivity contribution in [1.29, 1.82) is 0 Å². The number of ether oxygens (including phenoxy) is 1. The lowest BCUT2D eigenvalue weighted by Crippen LogP contribution is -2.47. The second-order valence-corrected chi connectivity index (χ2v) is 6.67. The molecule has 2 heterocycles. The average molecular weight is 326 g/mol. The lowest BCUT2D eigenvalue weighted by Gasteiger charge is -2.30. The van der Waals surface area contributed by atoms with Crippen molar-refractivity contribution in [3.05, 3.63) is 18.2 Å². The van der Waals surface area contributed by atoms with E-state index in [-0.39, 0.29) is 24.7 Å². The molecule has 1 aromatic carbocycles. The second kappa shape index (κ2) is 5.58. The molecule has 2 aromatic rings. The van der Waals surface area contributed by atoms with Crippen LogP contribution in [-0.2, 0) is 19.6 Å². The molecule has 3 rings (SSSR count). The summed E-state index contributed by atoms with van der Waals surface area (Å²) in [6.07, 6.45) is 0.486. The van der Waals surface area contributed by atoms with Gasteiger partial charge in [-0.2, -0.15) is 18.0 Å². The molecule has 0 radical (unpaired) electrons. The van der Waals surface area contributed by atoms with Crippen LogP contribution in [0.2, 0.25) is 0 Å². The van der Waals surface area contributed by atoms with E-state index < -0.39 is 16.2 Å². The molecule has 0 spiro atoms. The Bertz CT molecular complexity index is 812. The Hall–Kier alpha value is -1.71. The third kappa shape index (κ3) is 2.47. The number of morpholine rings is 1. The number of benzene rings is 1. The lowest BCUT2D eigenvalue weighted by atomic mass is 10.3. The van der Waals surface area contributed by atoms with Gasteiger partial charge in [0.05, 0.1) is 24.9 Å². The third-order valence-electron chi connectivity index (χ3n) is 3.09. The Morgan fingerprint density at radius 3 is 3.10 bits per heavy atom. The summed E-state index contributed by atoms with van der Waals surface area (Å²) in [7, 11) is -3.85. The number of carbonyl (C=O) groups excluding carboxylic acids is 1. The van der Waals surface area contributed by atoms with Crippen molar-refractivity contribution in [2.45, 2.75) is 11.1 Å². The standard InChI is InChI=1S/C11H10N4O4S2/c16-7-12-10-6-19-5-4-15(10)21(17,18)9-3-1-2-8-11(9)14-20-13-8/h1-3,10H,4-6H2. The Morgan fingerprint density at radius 2 is 2.29 bits per heavy atom. The highest BCUT2D eigenvalue weighted by molar-refractivity contribution is 7.89. The number of isocyanates is 1. The predicted molar refractivity (Wildman–Crippen MR) is 74.0 cm³/mol. The lowest BCUT2D eigenvalue weighted by molar-refractivity contribution is 0.0359. The second-order valence-electron chi connectivity index (χ2n) is 4.28. The van der Waals surface area contributed by atoms with Gasteiger partial charge in [0, 0.05) is 6.54 Å². The van der Waals surface area contributed by atoms with Crippen LogP contribution in [0.15, 0.2) is 28.1 Å².